The van der Waals surface area contributed by atoms with Gasteiger partial charge >= 0.3 is 0 Å². The van der Waals surface area contributed by atoms with Gasteiger partial charge in [-0.15, -0.1) is 0 Å². The number of hydrogen-bond acceptors (Lipinski definition) is 4. The van der Waals surface area contributed by atoms with Crippen molar-refractivity contribution < 1.29 is 17.7 Å². The van der Waals surface area contributed by atoms with E-state index in [0.29, 0.717) is 12.8 Å². The Labute approximate surface area is 141 Å². The molecule has 1 aromatic carbocycles. The van der Waals surface area contributed by atoms with Crippen molar-refractivity contribution in [2.75, 3.05) is 6.61 Å². The maximum atomic E-state index is 12.0. The molecule has 4 nitrogen and oxygen atoms in total. The van der Waals surface area contributed by atoms with E-state index in [-0.39, 0.29) is 11.5 Å². The fourth-order valence-electron chi connectivity index (χ4n) is 2.37. The van der Waals surface area contributed by atoms with Crippen LogP contribution in [0.1, 0.15) is 63.9 Å². The summed E-state index contributed by atoms with van der Waals surface area (Å²) in [7, 11) is -3.72. The summed E-state index contributed by atoms with van der Waals surface area (Å²) >= 11 is 0. The Balaban J connectivity index is 2.21. The van der Waals surface area contributed by atoms with Gasteiger partial charge in [0.15, 0.2) is 0 Å². The van der Waals surface area contributed by atoms with Crippen LogP contribution in [0.15, 0.2) is 29.2 Å². The molecule has 0 aliphatic carbocycles. The summed E-state index contributed by atoms with van der Waals surface area (Å²) in [6.07, 6.45) is 7.64. The van der Waals surface area contributed by atoms with Gasteiger partial charge in [-0.3, -0.25) is 4.18 Å². The molecule has 0 fully saturated rings. The third-order valence-electron chi connectivity index (χ3n) is 3.89. The fraction of sp³-hybridized carbons (Fsp3) is 0.667. The summed E-state index contributed by atoms with van der Waals surface area (Å²) in [6, 6.07) is 6.56. The number of aliphatic hydroxyl groups is 1. The Hall–Kier alpha value is -0.910. The van der Waals surface area contributed by atoms with Crippen LogP contribution in [0.5, 0.6) is 0 Å². The zero-order valence-electron chi connectivity index (χ0n) is 14.3. The van der Waals surface area contributed by atoms with Crippen LogP contribution in [0.4, 0.5) is 0 Å². The largest absolute Gasteiger partial charge is 0.393 e. The second-order valence-corrected chi connectivity index (χ2v) is 7.70. The molecule has 0 saturated carbocycles. The molecule has 132 valence electrons. The first-order valence-electron chi connectivity index (χ1n) is 8.60. The van der Waals surface area contributed by atoms with Gasteiger partial charge in [-0.25, -0.2) is 0 Å². The lowest BCUT2D eigenvalue weighted by Crippen LogP contribution is -2.14. The number of rotatable bonds is 12. The smallest absolute Gasteiger partial charge is 0.296 e. The Morgan fingerprint density at radius 1 is 1.00 bits per heavy atom. The van der Waals surface area contributed by atoms with Crippen molar-refractivity contribution in [2.45, 2.75) is 76.2 Å². The predicted molar refractivity (Wildman–Crippen MR) is 92.9 cm³/mol. The normalized spacial score (nSPS) is 13.2. The van der Waals surface area contributed by atoms with E-state index in [1.165, 1.54) is 37.8 Å². The van der Waals surface area contributed by atoms with E-state index in [1.807, 2.05) is 6.92 Å². The first kappa shape index (κ1) is 20.1. The average molecular weight is 343 g/mol. The molecule has 0 heterocycles. The van der Waals surface area contributed by atoms with Crippen LogP contribution in [-0.2, 0) is 14.3 Å². The molecule has 1 atom stereocenters. The second kappa shape index (κ2) is 10.8. The van der Waals surface area contributed by atoms with Gasteiger partial charge in [0, 0.05) is 0 Å². The van der Waals surface area contributed by atoms with Crippen molar-refractivity contribution in [3.63, 3.8) is 0 Å². The number of benzene rings is 1. The molecule has 0 spiro atoms. The van der Waals surface area contributed by atoms with Crippen molar-refractivity contribution in [1.29, 1.82) is 0 Å². The van der Waals surface area contributed by atoms with Gasteiger partial charge in [0.05, 0.1) is 17.6 Å². The van der Waals surface area contributed by atoms with Crippen molar-refractivity contribution >= 4 is 10.1 Å². The highest BCUT2D eigenvalue weighted by atomic mass is 32.2. The molecule has 0 amide bonds. The molecule has 1 aromatic rings. The quantitative estimate of drug-likeness (QED) is 0.457. The summed E-state index contributed by atoms with van der Waals surface area (Å²) in [5, 5.41) is 9.88. The van der Waals surface area contributed by atoms with E-state index < -0.39 is 16.2 Å². The molecule has 0 saturated heterocycles. The number of hydrogen-bond donors (Lipinski definition) is 1. The van der Waals surface area contributed by atoms with Gasteiger partial charge < -0.3 is 5.11 Å². The van der Waals surface area contributed by atoms with E-state index in [1.54, 1.807) is 12.1 Å². The van der Waals surface area contributed by atoms with Gasteiger partial charge in [-0.1, -0.05) is 63.1 Å². The third-order valence-corrected chi connectivity index (χ3v) is 5.22. The third kappa shape index (κ3) is 8.49. The van der Waals surface area contributed by atoms with E-state index in [2.05, 4.69) is 6.92 Å². The van der Waals surface area contributed by atoms with Gasteiger partial charge in [0.2, 0.25) is 0 Å². The van der Waals surface area contributed by atoms with Crippen LogP contribution >= 0.6 is 0 Å². The van der Waals surface area contributed by atoms with Gasteiger partial charge in [-0.2, -0.15) is 8.42 Å². The highest BCUT2D eigenvalue weighted by Gasteiger charge is 2.15. The molecule has 1 rings (SSSR count). The van der Waals surface area contributed by atoms with Crippen LogP contribution in [-0.4, -0.2) is 26.2 Å². The molecule has 5 heteroatoms. The summed E-state index contributed by atoms with van der Waals surface area (Å²) in [5.41, 5.74) is 0.998. The van der Waals surface area contributed by atoms with E-state index in [0.717, 1.165) is 18.4 Å². The van der Waals surface area contributed by atoms with Crippen molar-refractivity contribution in [1.82, 2.24) is 0 Å². The lowest BCUT2D eigenvalue weighted by molar-refractivity contribution is 0.129. The van der Waals surface area contributed by atoms with Crippen LogP contribution in [0.3, 0.4) is 0 Å². The number of aryl methyl sites for hydroxylation is 1. The zero-order chi connectivity index (χ0) is 17.1. The summed E-state index contributed by atoms with van der Waals surface area (Å²) in [6.45, 7) is 4.11. The highest BCUT2D eigenvalue weighted by Crippen LogP contribution is 2.15. The molecule has 0 aromatic heterocycles. The molecule has 0 radical (unpaired) electrons. The van der Waals surface area contributed by atoms with Crippen molar-refractivity contribution in [3.05, 3.63) is 29.8 Å². The molecule has 0 aliphatic heterocycles. The Bertz CT molecular complexity index is 522. The molecular formula is C18H30O4S. The molecule has 0 bridgehead atoms. The molecule has 1 unspecified atom stereocenters. The predicted octanol–water partition coefficient (Wildman–Crippen LogP) is 4.20. The monoisotopic (exact) mass is 342 g/mol. The van der Waals surface area contributed by atoms with Crippen molar-refractivity contribution in [3.8, 4) is 0 Å². The second-order valence-electron chi connectivity index (χ2n) is 6.09. The average Bonchev–Trinajstić information content (AvgIpc) is 2.51. The minimum absolute atomic E-state index is 0.0210. The Morgan fingerprint density at radius 3 is 2.26 bits per heavy atom. The fourth-order valence-corrected chi connectivity index (χ4v) is 3.29. The first-order chi connectivity index (χ1) is 11.0. The van der Waals surface area contributed by atoms with E-state index >= 15 is 0 Å². The summed E-state index contributed by atoms with van der Waals surface area (Å²) in [5.74, 6) is 0. The Morgan fingerprint density at radius 2 is 1.61 bits per heavy atom. The standard InChI is InChI=1S/C18H30O4S/c1-3-4-5-6-7-8-9-17(19)14-15-22-23(20,21)18-12-10-16(2)11-13-18/h10-13,17,19H,3-9,14-15H2,1-2H3. The summed E-state index contributed by atoms with van der Waals surface area (Å²) in [4.78, 5) is 0.161. The molecule has 23 heavy (non-hydrogen) atoms. The minimum Gasteiger partial charge on any atom is -0.393 e. The zero-order valence-corrected chi connectivity index (χ0v) is 15.1. The van der Waals surface area contributed by atoms with E-state index in [9.17, 15) is 13.5 Å². The summed E-state index contributed by atoms with van der Waals surface area (Å²) < 4.78 is 29.0. The topological polar surface area (TPSA) is 63.6 Å². The SMILES string of the molecule is CCCCCCCCC(O)CCOS(=O)(=O)c1ccc(C)cc1. The lowest BCUT2D eigenvalue weighted by atomic mass is 10.1. The minimum atomic E-state index is -3.72. The van der Waals surface area contributed by atoms with Gasteiger partial charge in [0.1, 0.15) is 0 Å². The van der Waals surface area contributed by atoms with Crippen LogP contribution in [0.25, 0.3) is 0 Å². The van der Waals surface area contributed by atoms with Gasteiger partial charge in [-0.05, 0) is 31.9 Å². The maximum absolute atomic E-state index is 12.0. The number of aliphatic hydroxyl groups excluding tert-OH is 1. The molecule has 1 N–H and O–H groups in total. The van der Waals surface area contributed by atoms with Crippen LogP contribution < -0.4 is 0 Å². The molecule has 0 aliphatic rings. The first-order valence-corrected chi connectivity index (χ1v) is 10.0. The highest BCUT2D eigenvalue weighted by molar-refractivity contribution is 7.86. The van der Waals surface area contributed by atoms with Crippen LogP contribution in [0.2, 0.25) is 0 Å². The van der Waals surface area contributed by atoms with Crippen LogP contribution in [0, 0.1) is 6.92 Å². The number of unbranched alkanes of at least 4 members (excludes halogenated alkanes) is 5. The lowest BCUT2D eigenvalue weighted by Gasteiger charge is -2.11. The maximum Gasteiger partial charge on any atom is 0.296 e. The van der Waals surface area contributed by atoms with E-state index in [4.69, 9.17) is 4.18 Å². The van der Waals surface area contributed by atoms with Gasteiger partial charge in [0.25, 0.3) is 10.1 Å². The molecular weight excluding hydrogens is 312 g/mol. The van der Waals surface area contributed by atoms with Crippen molar-refractivity contribution in [2.24, 2.45) is 0 Å². The Kier molecular flexibility index (Phi) is 9.44.